The van der Waals surface area contributed by atoms with Crippen molar-refractivity contribution in [2.24, 2.45) is 5.41 Å². The second-order valence-electron chi connectivity index (χ2n) is 5.59. The lowest BCUT2D eigenvalue weighted by atomic mass is 9.84. The van der Waals surface area contributed by atoms with Gasteiger partial charge in [0, 0.05) is 13.1 Å². The molecular weight excluding hydrogens is 198 g/mol. The van der Waals surface area contributed by atoms with Crippen molar-refractivity contribution in [2.75, 3.05) is 23.7 Å². The Morgan fingerprint density at radius 3 is 2.81 bits per heavy atom. The minimum absolute atomic E-state index is 0.398. The van der Waals surface area contributed by atoms with Crippen LogP contribution in [0, 0.1) is 12.3 Å². The molecule has 1 saturated heterocycles. The number of anilines is 2. The molecular formula is C13H21N3. The van der Waals surface area contributed by atoms with Gasteiger partial charge in [-0.3, -0.25) is 0 Å². The predicted octanol–water partition coefficient (Wildman–Crippen LogP) is 2.60. The van der Waals surface area contributed by atoms with Crippen molar-refractivity contribution in [3.63, 3.8) is 0 Å². The van der Waals surface area contributed by atoms with Crippen molar-refractivity contribution >= 4 is 11.5 Å². The Hall–Kier alpha value is -1.25. The summed E-state index contributed by atoms with van der Waals surface area (Å²) in [6, 6.07) is 2.09. The molecule has 1 aromatic heterocycles. The maximum atomic E-state index is 5.79. The predicted molar refractivity (Wildman–Crippen MR) is 68.6 cm³/mol. The molecule has 0 atom stereocenters. The lowest BCUT2D eigenvalue weighted by Crippen LogP contribution is -2.40. The number of pyridine rings is 1. The molecule has 0 spiro atoms. The average Bonchev–Trinajstić information content (AvgIpc) is 2.20. The summed E-state index contributed by atoms with van der Waals surface area (Å²) in [6.45, 7) is 8.88. The van der Waals surface area contributed by atoms with Gasteiger partial charge in [0.25, 0.3) is 0 Å². The molecule has 0 saturated carbocycles. The molecule has 2 rings (SSSR count). The number of hydrogen-bond donors (Lipinski definition) is 1. The molecule has 2 heterocycles. The van der Waals surface area contributed by atoms with E-state index >= 15 is 0 Å². The number of nitrogens with two attached hydrogens (primary N) is 1. The second-order valence-corrected chi connectivity index (χ2v) is 5.59. The smallest absolute Gasteiger partial charge is 0.128 e. The van der Waals surface area contributed by atoms with Crippen LogP contribution in [0.1, 0.15) is 32.3 Å². The fraction of sp³-hybridized carbons (Fsp3) is 0.615. The van der Waals surface area contributed by atoms with E-state index in [0.29, 0.717) is 5.41 Å². The first-order valence-corrected chi connectivity index (χ1v) is 5.95. The van der Waals surface area contributed by atoms with Gasteiger partial charge in [-0.1, -0.05) is 13.8 Å². The van der Waals surface area contributed by atoms with E-state index < -0.39 is 0 Å². The summed E-state index contributed by atoms with van der Waals surface area (Å²) in [4.78, 5) is 6.80. The first-order valence-electron chi connectivity index (χ1n) is 5.95. The van der Waals surface area contributed by atoms with Gasteiger partial charge < -0.3 is 10.6 Å². The van der Waals surface area contributed by atoms with Crippen LogP contribution < -0.4 is 10.6 Å². The van der Waals surface area contributed by atoms with Gasteiger partial charge in [-0.15, -0.1) is 0 Å². The highest BCUT2D eigenvalue weighted by Gasteiger charge is 2.26. The zero-order valence-electron chi connectivity index (χ0n) is 10.5. The molecule has 16 heavy (non-hydrogen) atoms. The molecule has 3 nitrogen and oxygen atoms in total. The van der Waals surface area contributed by atoms with Crippen molar-refractivity contribution < 1.29 is 0 Å². The van der Waals surface area contributed by atoms with Crippen LogP contribution in [-0.4, -0.2) is 18.1 Å². The first kappa shape index (κ1) is 11.2. The molecule has 2 N–H and O–H groups in total. The molecule has 0 radical (unpaired) electrons. The van der Waals surface area contributed by atoms with E-state index in [2.05, 4.69) is 29.8 Å². The van der Waals surface area contributed by atoms with Crippen LogP contribution in [0.25, 0.3) is 0 Å². The molecule has 0 bridgehead atoms. The first-order chi connectivity index (χ1) is 7.48. The normalized spacial score (nSPS) is 19.8. The molecule has 88 valence electrons. The number of rotatable bonds is 1. The van der Waals surface area contributed by atoms with Gasteiger partial charge in [0.1, 0.15) is 5.82 Å². The van der Waals surface area contributed by atoms with Crippen LogP contribution in [-0.2, 0) is 0 Å². The summed E-state index contributed by atoms with van der Waals surface area (Å²) in [7, 11) is 0. The molecule has 0 aliphatic carbocycles. The third-order valence-corrected chi connectivity index (χ3v) is 3.36. The third-order valence-electron chi connectivity index (χ3n) is 3.36. The summed E-state index contributed by atoms with van der Waals surface area (Å²) in [6.07, 6.45) is 4.32. The Morgan fingerprint density at radius 1 is 1.44 bits per heavy atom. The van der Waals surface area contributed by atoms with E-state index in [4.69, 9.17) is 5.73 Å². The molecule has 1 aromatic rings. The Labute approximate surface area is 97.7 Å². The molecule has 0 aromatic carbocycles. The van der Waals surface area contributed by atoms with Crippen LogP contribution in [0.3, 0.4) is 0 Å². The largest absolute Gasteiger partial charge is 0.397 e. The van der Waals surface area contributed by atoms with Gasteiger partial charge in [-0.05, 0) is 36.8 Å². The van der Waals surface area contributed by atoms with E-state index in [1.165, 1.54) is 12.8 Å². The zero-order valence-corrected chi connectivity index (χ0v) is 10.5. The Bertz CT molecular complexity index is 385. The second kappa shape index (κ2) is 3.96. The number of aromatic nitrogens is 1. The number of nitrogen functional groups attached to an aromatic ring is 1. The summed E-state index contributed by atoms with van der Waals surface area (Å²) < 4.78 is 0. The molecule has 1 fully saturated rings. The van der Waals surface area contributed by atoms with Crippen molar-refractivity contribution in [1.29, 1.82) is 0 Å². The lowest BCUT2D eigenvalue weighted by Gasteiger charge is -2.38. The summed E-state index contributed by atoms with van der Waals surface area (Å²) >= 11 is 0. The van der Waals surface area contributed by atoms with E-state index in [0.717, 1.165) is 30.2 Å². The number of aryl methyl sites for hydroxylation is 1. The van der Waals surface area contributed by atoms with E-state index in [-0.39, 0.29) is 0 Å². The van der Waals surface area contributed by atoms with Gasteiger partial charge in [0.05, 0.1) is 11.9 Å². The SMILES string of the molecule is Cc1cc(N2CCCC(C)(C)C2)ncc1N. The van der Waals surface area contributed by atoms with Crippen LogP contribution >= 0.6 is 0 Å². The number of nitrogens with zero attached hydrogens (tertiary/aromatic N) is 2. The quantitative estimate of drug-likeness (QED) is 0.789. The van der Waals surface area contributed by atoms with E-state index in [9.17, 15) is 0 Å². The molecule has 1 aliphatic heterocycles. The van der Waals surface area contributed by atoms with Crippen molar-refractivity contribution in [2.45, 2.75) is 33.6 Å². The highest BCUT2D eigenvalue weighted by atomic mass is 15.2. The summed E-state index contributed by atoms with van der Waals surface area (Å²) in [5.41, 5.74) is 8.09. The van der Waals surface area contributed by atoms with Gasteiger partial charge in [0.2, 0.25) is 0 Å². The van der Waals surface area contributed by atoms with Crippen molar-refractivity contribution in [3.05, 3.63) is 17.8 Å². The maximum Gasteiger partial charge on any atom is 0.128 e. The molecule has 3 heteroatoms. The molecule has 1 aliphatic rings. The topological polar surface area (TPSA) is 42.2 Å². The fourth-order valence-electron chi connectivity index (χ4n) is 2.34. The number of hydrogen-bond acceptors (Lipinski definition) is 3. The highest BCUT2D eigenvalue weighted by molar-refractivity contribution is 5.52. The standard InChI is InChI=1S/C13H21N3/c1-10-7-12(15-8-11(10)14)16-6-4-5-13(2,3)9-16/h7-8H,4-6,9,14H2,1-3H3. The monoisotopic (exact) mass is 219 g/mol. The van der Waals surface area contributed by atoms with E-state index in [1.807, 2.05) is 6.92 Å². The minimum Gasteiger partial charge on any atom is -0.397 e. The molecule has 0 amide bonds. The van der Waals surface area contributed by atoms with Gasteiger partial charge >= 0.3 is 0 Å². The van der Waals surface area contributed by atoms with Gasteiger partial charge in [-0.2, -0.15) is 0 Å². The van der Waals surface area contributed by atoms with Crippen LogP contribution in [0.15, 0.2) is 12.3 Å². The minimum atomic E-state index is 0.398. The lowest BCUT2D eigenvalue weighted by molar-refractivity contribution is 0.292. The number of piperidine rings is 1. The van der Waals surface area contributed by atoms with Crippen LogP contribution in [0.5, 0.6) is 0 Å². The third kappa shape index (κ3) is 2.29. The molecule has 0 unspecified atom stereocenters. The Morgan fingerprint density at radius 2 is 2.19 bits per heavy atom. The Kier molecular flexibility index (Phi) is 2.78. The van der Waals surface area contributed by atoms with Gasteiger partial charge in [0.15, 0.2) is 0 Å². The maximum absolute atomic E-state index is 5.79. The highest BCUT2D eigenvalue weighted by Crippen LogP contribution is 2.31. The Balaban J connectivity index is 2.20. The fourth-order valence-corrected chi connectivity index (χ4v) is 2.34. The van der Waals surface area contributed by atoms with Crippen molar-refractivity contribution in [1.82, 2.24) is 4.98 Å². The van der Waals surface area contributed by atoms with Crippen LogP contribution in [0.4, 0.5) is 11.5 Å². The average molecular weight is 219 g/mol. The van der Waals surface area contributed by atoms with Crippen LogP contribution in [0.2, 0.25) is 0 Å². The van der Waals surface area contributed by atoms with Crippen molar-refractivity contribution in [3.8, 4) is 0 Å². The summed E-state index contributed by atoms with van der Waals surface area (Å²) in [5.74, 6) is 1.07. The zero-order chi connectivity index (χ0) is 11.8. The summed E-state index contributed by atoms with van der Waals surface area (Å²) in [5, 5.41) is 0. The van der Waals surface area contributed by atoms with E-state index in [1.54, 1.807) is 6.20 Å². The van der Waals surface area contributed by atoms with Gasteiger partial charge in [-0.25, -0.2) is 4.98 Å².